The van der Waals surface area contributed by atoms with Crippen LogP contribution >= 0.6 is 23.4 Å². The van der Waals surface area contributed by atoms with Crippen LogP contribution in [0, 0.1) is 0 Å². The Morgan fingerprint density at radius 2 is 1.79 bits per heavy atom. The lowest BCUT2D eigenvalue weighted by atomic mass is 10.2. The third kappa shape index (κ3) is 5.60. The fourth-order valence-electron chi connectivity index (χ4n) is 3.02. The number of hydrogen-bond acceptors (Lipinski definition) is 6. The largest absolute Gasteiger partial charge is 0.497 e. The zero-order valence-corrected chi connectivity index (χ0v) is 19.3. The highest BCUT2D eigenvalue weighted by Gasteiger charge is 2.17. The molecule has 0 saturated heterocycles. The first-order valence-electron chi connectivity index (χ1n) is 10.00. The van der Waals surface area contributed by atoms with Crippen LogP contribution in [0.5, 0.6) is 5.75 Å². The summed E-state index contributed by atoms with van der Waals surface area (Å²) < 4.78 is 7.18. The van der Waals surface area contributed by atoms with Crippen LogP contribution in [0.4, 0.5) is 0 Å². The van der Waals surface area contributed by atoms with Crippen molar-refractivity contribution in [1.29, 1.82) is 0 Å². The first kappa shape index (κ1) is 22.6. The van der Waals surface area contributed by atoms with Crippen LogP contribution in [0.15, 0.2) is 89.1 Å². The zero-order chi connectivity index (χ0) is 23.0. The van der Waals surface area contributed by atoms with E-state index in [1.807, 2.05) is 77.4 Å². The number of carbonyl (C=O) groups is 1. The van der Waals surface area contributed by atoms with E-state index in [0.29, 0.717) is 16.0 Å². The summed E-state index contributed by atoms with van der Waals surface area (Å²) in [4.78, 5) is 12.3. The molecule has 0 fully saturated rings. The molecule has 0 atom stereocenters. The third-order valence-electron chi connectivity index (χ3n) is 4.63. The van der Waals surface area contributed by atoms with Crippen molar-refractivity contribution in [3.8, 4) is 22.8 Å². The molecule has 1 aromatic heterocycles. The molecule has 0 aliphatic rings. The van der Waals surface area contributed by atoms with Gasteiger partial charge < -0.3 is 4.74 Å². The first-order valence-corrected chi connectivity index (χ1v) is 11.4. The number of nitrogens with one attached hydrogen (secondary N) is 1. The lowest BCUT2D eigenvalue weighted by molar-refractivity contribution is -0.118. The van der Waals surface area contributed by atoms with Gasteiger partial charge in [0.25, 0.3) is 5.91 Å². The first-order chi connectivity index (χ1) is 16.2. The van der Waals surface area contributed by atoms with Crippen molar-refractivity contribution in [2.45, 2.75) is 5.16 Å². The maximum atomic E-state index is 12.3. The van der Waals surface area contributed by atoms with Crippen molar-refractivity contribution in [3.63, 3.8) is 0 Å². The number of methoxy groups -OCH3 is 1. The lowest BCUT2D eigenvalue weighted by Gasteiger charge is -2.11. The van der Waals surface area contributed by atoms with Crippen LogP contribution in [-0.2, 0) is 4.79 Å². The fraction of sp³-hybridized carbons (Fsp3) is 0.0833. The number of halogens is 1. The molecular formula is C24H20ClN5O2S. The van der Waals surface area contributed by atoms with E-state index in [1.54, 1.807) is 13.2 Å². The van der Waals surface area contributed by atoms with Gasteiger partial charge >= 0.3 is 0 Å². The second-order valence-corrected chi connectivity index (χ2v) is 8.16. The predicted octanol–water partition coefficient (Wildman–Crippen LogP) is 4.84. The Hall–Kier alpha value is -3.62. The highest BCUT2D eigenvalue weighted by Crippen LogP contribution is 2.28. The van der Waals surface area contributed by atoms with Crippen LogP contribution in [-0.4, -0.2) is 39.7 Å². The second-order valence-electron chi connectivity index (χ2n) is 6.81. The predicted molar refractivity (Wildman–Crippen MR) is 131 cm³/mol. The molecule has 7 nitrogen and oxygen atoms in total. The maximum Gasteiger partial charge on any atom is 0.250 e. The minimum atomic E-state index is -0.270. The summed E-state index contributed by atoms with van der Waals surface area (Å²) in [6.07, 6.45) is 1.51. The average molecular weight is 478 g/mol. The number of carbonyl (C=O) groups excluding carboxylic acids is 1. The second kappa shape index (κ2) is 10.8. The summed E-state index contributed by atoms with van der Waals surface area (Å²) in [7, 11) is 1.62. The number of hydrogen-bond donors (Lipinski definition) is 1. The number of benzene rings is 3. The van der Waals surface area contributed by atoms with E-state index in [4.69, 9.17) is 16.3 Å². The van der Waals surface area contributed by atoms with Gasteiger partial charge in [0.15, 0.2) is 11.0 Å². The number of ether oxygens (including phenoxy) is 1. The molecule has 166 valence electrons. The van der Waals surface area contributed by atoms with Gasteiger partial charge in [-0.1, -0.05) is 71.9 Å². The van der Waals surface area contributed by atoms with Crippen LogP contribution in [0.25, 0.3) is 17.1 Å². The molecule has 0 radical (unpaired) electrons. The summed E-state index contributed by atoms with van der Waals surface area (Å²) in [5.41, 5.74) is 5.02. The Morgan fingerprint density at radius 3 is 2.52 bits per heavy atom. The standard InChI is InChI=1S/C24H20ClN5O2S/c1-32-20-13-11-19(12-14-20)30-23(17-7-3-2-4-8-17)28-29-24(30)33-16-22(31)27-26-15-18-9-5-6-10-21(18)25/h2-15H,16H2,1H3,(H,27,31)/b26-15+. The van der Waals surface area contributed by atoms with Gasteiger partial charge in [0.05, 0.1) is 19.1 Å². The molecule has 0 unspecified atom stereocenters. The van der Waals surface area contributed by atoms with Crippen LogP contribution in [0.3, 0.4) is 0 Å². The van der Waals surface area contributed by atoms with E-state index in [2.05, 4.69) is 20.7 Å². The highest BCUT2D eigenvalue weighted by molar-refractivity contribution is 7.99. The van der Waals surface area contributed by atoms with E-state index in [0.717, 1.165) is 22.6 Å². The van der Waals surface area contributed by atoms with E-state index >= 15 is 0 Å². The van der Waals surface area contributed by atoms with Crippen molar-refractivity contribution < 1.29 is 9.53 Å². The Kier molecular flexibility index (Phi) is 7.39. The monoisotopic (exact) mass is 477 g/mol. The number of hydrazone groups is 1. The molecule has 1 heterocycles. The van der Waals surface area contributed by atoms with E-state index in [1.165, 1.54) is 18.0 Å². The molecule has 33 heavy (non-hydrogen) atoms. The van der Waals surface area contributed by atoms with Crippen LogP contribution < -0.4 is 10.2 Å². The maximum absolute atomic E-state index is 12.3. The molecule has 0 bridgehead atoms. The topological polar surface area (TPSA) is 81.4 Å². The molecule has 4 rings (SSSR count). The van der Waals surface area contributed by atoms with Gasteiger partial charge in [-0.25, -0.2) is 5.43 Å². The SMILES string of the molecule is COc1ccc(-n2c(SCC(=O)N/N=C/c3ccccc3Cl)nnc2-c2ccccc2)cc1. The van der Waals surface area contributed by atoms with Crippen molar-refractivity contribution in [1.82, 2.24) is 20.2 Å². The minimum absolute atomic E-state index is 0.114. The summed E-state index contributed by atoms with van der Waals surface area (Å²) in [5, 5.41) is 13.8. The van der Waals surface area contributed by atoms with E-state index in [9.17, 15) is 4.79 Å². The number of nitrogens with zero attached hydrogens (tertiary/aromatic N) is 4. The average Bonchev–Trinajstić information content (AvgIpc) is 3.28. The summed E-state index contributed by atoms with van der Waals surface area (Å²) in [6, 6.07) is 24.6. The Morgan fingerprint density at radius 1 is 1.06 bits per heavy atom. The van der Waals surface area contributed by atoms with E-state index in [-0.39, 0.29) is 11.7 Å². The fourth-order valence-corrected chi connectivity index (χ4v) is 3.95. The lowest BCUT2D eigenvalue weighted by Crippen LogP contribution is -2.20. The summed E-state index contributed by atoms with van der Waals surface area (Å²) in [6.45, 7) is 0. The normalized spacial score (nSPS) is 11.0. The molecule has 4 aromatic rings. The molecule has 0 spiro atoms. The molecule has 0 aliphatic heterocycles. The van der Waals surface area contributed by atoms with E-state index < -0.39 is 0 Å². The van der Waals surface area contributed by atoms with Crippen molar-refractivity contribution in [3.05, 3.63) is 89.4 Å². The van der Waals surface area contributed by atoms with Gasteiger partial charge in [-0.2, -0.15) is 5.10 Å². The number of thioether (sulfide) groups is 1. The van der Waals surface area contributed by atoms with Crippen LogP contribution in [0.1, 0.15) is 5.56 Å². The third-order valence-corrected chi connectivity index (χ3v) is 5.90. The minimum Gasteiger partial charge on any atom is -0.497 e. The number of amides is 1. The molecule has 9 heteroatoms. The van der Waals surface area contributed by atoms with Gasteiger partial charge in [-0.3, -0.25) is 9.36 Å². The van der Waals surface area contributed by atoms with Crippen molar-refractivity contribution in [2.24, 2.45) is 5.10 Å². The quantitative estimate of drug-likeness (QED) is 0.223. The smallest absolute Gasteiger partial charge is 0.250 e. The number of aromatic nitrogens is 3. The van der Waals surface area contributed by atoms with Crippen molar-refractivity contribution >= 4 is 35.5 Å². The van der Waals surface area contributed by atoms with Crippen molar-refractivity contribution in [2.75, 3.05) is 12.9 Å². The molecule has 1 N–H and O–H groups in total. The number of rotatable bonds is 8. The molecule has 3 aromatic carbocycles. The molecule has 1 amide bonds. The summed E-state index contributed by atoms with van der Waals surface area (Å²) >= 11 is 7.37. The molecule has 0 saturated carbocycles. The Balaban J connectivity index is 1.51. The van der Waals surface area contributed by atoms with Gasteiger partial charge in [-0.05, 0) is 30.3 Å². The Labute approximate surface area is 200 Å². The van der Waals surface area contributed by atoms with Gasteiger partial charge in [-0.15, -0.1) is 10.2 Å². The Bertz CT molecular complexity index is 1260. The summed E-state index contributed by atoms with van der Waals surface area (Å²) in [5.74, 6) is 1.27. The highest BCUT2D eigenvalue weighted by atomic mass is 35.5. The van der Waals surface area contributed by atoms with Gasteiger partial charge in [0, 0.05) is 21.8 Å². The zero-order valence-electron chi connectivity index (χ0n) is 17.7. The van der Waals surface area contributed by atoms with Gasteiger partial charge in [0.2, 0.25) is 0 Å². The van der Waals surface area contributed by atoms with Crippen LogP contribution in [0.2, 0.25) is 5.02 Å². The molecule has 0 aliphatic carbocycles. The van der Waals surface area contributed by atoms with Gasteiger partial charge in [0.1, 0.15) is 5.75 Å². The molecular weight excluding hydrogens is 458 g/mol.